The fraction of sp³-hybridized carbons (Fsp3) is 0.0667. The van der Waals surface area contributed by atoms with Gasteiger partial charge in [-0.25, -0.2) is 0 Å². The number of phenols is 1. The summed E-state index contributed by atoms with van der Waals surface area (Å²) < 4.78 is 10.3. The fourth-order valence-corrected chi connectivity index (χ4v) is 1.87. The Morgan fingerprint density at radius 1 is 1.10 bits per heavy atom. The summed E-state index contributed by atoms with van der Waals surface area (Å²) in [5.74, 6) is 1.52. The van der Waals surface area contributed by atoms with E-state index in [1.54, 1.807) is 19.2 Å². The first kappa shape index (κ1) is 13.0. The van der Waals surface area contributed by atoms with Gasteiger partial charge < -0.3 is 20.1 Å². The van der Waals surface area contributed by atoms with Crippen LogP contribution in [0.4, 0.5) is 5.69 Å². The molecule has 0 bridgehead atoms. The molecule has 0 amide bonds. The van der Waals surface area contributed by atoms with Gasteiger partial charge >= 0.3 is 0 Å². The Morgan fingerprint density at radius 2 is 1.81 bits per heavy atom. The van der Waals surface area contributed by atoms with E-state index in [1.807, 2.05) is 24.3 Å². The van der Waals surface area contributed by atoms with Crippen LogP contribution in [0.3, 0.4) is 0 Å². The lowest BCUT2D eigenvalue weighted by Gasteiger charge is -1.99. The molecule has 21 heavy (non-hydrogen) atoms. The van der Waals surface area contributed by atoms with Crippen molar-refractivity contribution in [2.75, 3.05) is 12.8 Å². The van der Waals surface area contributed by atoms with Gasteiger partial charge in [0.2, 0.25) is 5.82 Å². The fourth-order valence-electron chi connectivity index (χ4n) is 1.87. The minimum atomic E-state index is -0.0169. The van der Waals surface area contributed by atoms with Gasteiger partial charge in [-0.1, -0.05) is 5.16 Å². The summed E-state index contributed by atoms with van der Waals surface area (Å²) in [6.07, 6.45) is 0. The molecule has 3 N–H and O–H groups in total. The summed E-state index contributed by atoms with van der Waals surface area (Å²) in [4.78, 5) is 4.31. The van der Waals surface area contributed by atoms with Crippen LogP contribution >= 0.6 is 0 Å². The summed E-state index contributed by atoms with van der Waals surface area (Å²) >= 11 is 0. The van der Waals surface area contributed by atoms with Gasteiger partial charge in [0.05, 0.1) is 12.8 Å². The van der Waals surface area contributed by atoms with Crippen molar-refractivity contribution in [1.29, 1.82) is 0 Å². The molecule has 1 aromatic heterocycles. The van der Waals surface area contributed by atoms with E-state index in [0.717, 1.165) is 11.3 Å². The van der Waals surface area contributed by atoms with E-state index in [2.05, 4.69) is 10.1 Å². The number of rotatable bonds is 3. The molecule has 0 atom stereocenters. The van der Waals surface area contributed by atoms with Crippen molar-refractivity contribution in [3.8, 4) is 34.3 Å². The second kappa shape index (κ2) is 5.16. The van der Waals surface area contributed by atoms with E-state index in [0.29, 0.717) is 23.0 Å². The van der Waals surface area contributed by atoms with Crippen molar-refractivity contribution in [2.24, 2.45) is 0 Å². The molecule has 1 heterocycles. The van der Waals surface area contributed by atoms with Crippen molar-refractivity contribution in [1.82, 2.24) is 10.1 Å². The Kier molecular flexibility index (Phi) is 3.19. The smallest absolute Gasteiger partial charge is 0.258 e. The first-order chi connectivity index (χ1) is 10.2. The van der Waals surface area contributed by atoms with Crippen molar-refractivity contribution in [3.05, 3.63) is 42.5 Å². The van der Waals surface area contributed by atoms with Crippen molar-refractivity contribution >= 4 is 5.69 Å². The van der Waals surface area contributed by atoms with Gasteiger partial charge in [0.25, 0.3) is 5.89 Å². The summed E-state index contributed by atoms with van der Waals surface area (Å²) in [7, 11) is 1.61. The molecular formula is C15H13N3O3. The Morgan fingerprint density at radius 3 is 2.48 bits per heavy atom. The Labute approximate surface area is 120 Å². The molecule has 6 nitrogen and oxygen atoms in total. The molecule has 2 aromatic carbocycles. The summed E-state index contributed by atoms with van der Waals surface area (Å²) in [5, 5.41) is 13.5. The molecule has 0 aliphatic rings. The highest BCUT2D eigenvalue weighted by Gasteiger charge is 2.12. The average Bonchev–Trinajstić information content (AvgIpc) is 3.00. The molecule has 0 fully saturated rings. The molecule has 6 heteroatoms. The largest absolute Gasteiger partial charge is 0.506 e. The maximum atomic E-state index is 9.61. The van der Waals surface area contributed by atoms with Crippen molar-refractivity contribution < 1.29 is 14.4 Å². The van der Waals surface area contributed by atoms with Crippen LogP contribution in [0, 0.1) is 0 Å². The summed E-state index contributed by atoms with van der Waals surface area (Å²) in [5.41, 5.74) is 7.28. The van der Waals surface area contributed by atoms with E-state index in [1.165, 1.54) is 6.07 Å². The predicted octanol–water partition coefficient (Wildman–Crippen LogP) is 2.70. The van der Waals surface area contributed by atoms with Crippen LogP contribution in [-0.4, -0.2) is 22.4 Å². The molecule has 0 saturated carbocycles. The first-order valence-electron chi connectivity index (χ1n) is 6.24. The Hall–Kier alpha value is -3.02. The molecular weight excluding hydrogens is 270 g/mol. The van der Waals surface area contributed by atoms with Gasteiger partial charge in [-0.05, 0) is 42.5 Å². The van der Waals surface area contributed by atoms with Crippen LogP contribution in [0.1, 0.15) is 0 Å². The highest BCUT2D eigenvalue weighted by molar-refractivity contribution is 5.65. The van der Waals surface area contributed by atoms with E-state index in [9.17, 15) is 5.11 Å². The highest BCUT2D eigenvalue weighted by Crippen LogP contribution is 2.28. The monoisotopic (exact) mass is 283 g/mol. The van der Waals surface area contributed by atoms with E-state index >= 15 is 0 Å². The van der Waals surface area contributed by atoms with Crippen LogP contribution in [0.25, 0.3) is 22.8 Å². The molecule has 0 unspecified atom stereocenters. The number of nitrogens with two attached hydrogens (primary N) is 1. The Bertz CT molecular complexity index is 766. The van der Waals surface area contributed by atoms with Crippen LogP contribution < -0.4 is 10.5 Å². The van der Waals surface area contributed by atoms with Gasteiger partial charge in [-0.2, -0.15) is 4.98 Å². The minimum absolute atomic E-state index is 0.0169. The molecule has 106 valence electrons. The van der Waals surface area contributed by atoms with E-state index in [4.69, 9.17) is 15.0 Å². The number of nitrogens with zero attached hydrogens (tertiary/aromatic N) is 2. The lowest BCUT2D eigenvalue weighted by atomic mass is 10.2. The second-order valence-corrected chi connectivity index (χ2v) is 4.43. The number of anilines is 1. The zero-order valence-corrected chi connectivity index (χ0v) is 11.3. The van der Waals surface area contributed by atoms with Gasteiger partial charge in [0, 0.05) is 11.1 Å². The lowest BCUT2D eigenvalue weighted by Crippen LogP contribution is -1.86. The van der Waals surface area contributed by atoms with Crippen LogP contribution in [0.2, 0.25) is 0 Å². The van der Waals surface area contributed by atoms with Crippen LogP contribution in [0.5, 0.6) is 11.5 Å². The van der Waals surface area contributed by atoms with Crippen molar-refractivity contribution in [2.45, 2.75) is 0 Å². The third kappa shape index (κ3) is 2.51. The zero-order chi connectivity index (χ0) is 14.8. The normalized spacial score (nSPS) is 10.5. The number of methoxy groups -OCH3 is 1. The quantitative estimate of drug-likeness (QED) is 0.567. The van der Waals surface area contributed by atoms with Crippen LogP contribution in [-0.2, 0) is 0 Å². The number of phenolic OH excluding ortho intramolecular Hbond substituents is 1. The molecule has 3 aromatic rings. The third-order valence-corrected chi connectivity index (χ3v) is 3.05. The molecule has 0 aliphatic heterocycles. The third-order valence-electron chi connectivity index (χ3n) is 3.05. The minimum Gasteiger partial charge on any atom is -0.506 e. The van der Waals surface area contributed by atoms with E-state index in [-0.39, 0.29) is 5.75 Å². The summed E-state index contributed by atoms with van der Waals surface area (Å²) in [6.45, 7) is 0. The van der Waals surface area contributed by atoms with Crippen molar-refractivity contribution in [3.63, 3.8) is 0 Å². The molecule has 0 saturated heterocycles. The number of hydrogen-bond acceptors (Lipinski definition) is 6. The number of aromatic nitrogens is 2. The second-order valence-electron chi connectivity index (χ2n) is 4.43. The van der Waals surface area contributed by atoms with Gasteiger partial charge in [-0.15, -0.1) is 0 Å². The number of benzene rings is 2. The first-order valence-corrected chi connectivity index (χ1v) is 6.24. The molecule has 3 rings (SSSR count). The van der Waals surface area contributed by atoms with Gasteiger partial charge in [0.15, 0.2) is 0 Å². The van der Waals surface area contributed by atoms with Gasteiger partial charge in [-0.3, -0.25) is 0 Å². The number of hydrogen-bond donors (Lipinski definition) is 2. The summed E-state index contributed by atoms with van der Waals surface area (Å²) in [6, 6.07) is 12.1. The van der Waals surface area contributed by atoms with Gasteiger partial charge in [0.1, 0.15) is 11.5 Å². The van der Waals surface area contributed by atoms with E-state index < -0.39 is 0 Å². The topological polar surface area (TPSA) is 94.4 Å². The SMILES string of the molecule is COc1ccc(-c2noc(-c3ccc(N)c(O)c3)n2)cc1. The molecule has 0 radical (unpaired) electrons. The lowest BCUT2D eigenvalue weighted by molar-refractivity contribution is 0.415. The average molecular weight is 283 g/mol. The molecule has 0 spiro atoms. The van der Waals surface area contributed by atoms with Crippen LogP contribution in [0.15, 0.2) is 47.0 Å². The molecule has 0 aliphatic carbocycles. The zero-order valence-electron chi connectivity index (χ0n) is 11.3. The Balaban J connectivity index is 1.93. The predicted molar refractivity (Wildman–Crippen MR) is 77.8 cm³/mol. The maximum absolute atomic E-state index is 9.61. The standard InChI is InChI=1S/C15H13N3O3/c1-20-11-5-2-9(3-6-11)14-17-15(21-18-14)10-4-7-12(16)13(19)8-10/h2-8,19H,16H2,1H3. The highest BCUT2D eigenvalue weighted by atomic mass is 16.5. The number of ether oxygens (including phenoxy) is 1. The number of nitrogen functional groups attached to an aromatic ring is 1. The number of aromatic hydroxyl groups is 1. The maximum Gasteiger partial charge on any atom is 0.258 e.